The highest BCUT2D eigenvalue weighted by Gasteiger charge is 2.39. The minimum Gasteiger partial charge on any atom is -0.467 e. The molecule has 168 valence electrons. The largest absolute Gasteiger partial charge is 0.467 e. The summed E-state index contributed by atoms with van der Waals surface area (Å²) in [4.78, 5) is 18.8. The molecule has 1 aromatic heterocycles. The van der Waals surface area contributed by atoms with Crippen LogP contribution in [0.3, 0.4) is 0 Å². The zero-order chi connectivity index (χ0) is 21.7. The SMILES string of the molecule is COC[C@H]1[C@@H](NS(=O)(=O)[C@H]2CCOC2)CCCN1C(=O)COc1nccc(C)c1C. The number of rotatable bonds is 8. The van der Waals surface area contributed by atoms with E-state index in [2.05, 4.69) is 9.71 Å². The lowest BCUT2D eigenvalue weighted by Gasteiger charge is -2.41. The Labute approximate surface area is 178 Å². The number of sulfonamides is 1. The van der Waals surface area contributed by atoms with Gasteiger partial charge in [-0.25, -0.2) is 18.1 Å². The minimum absolute atomic E-state index is 0.159. The van der Waals surface area contributed by atoms with Gasteiger partial charge in [-0.3, -0.25) is 4.79 Å². The van der Waals surface area contributed by atoms with Crippen molar-refractivity contribution in [1.29, 1.82) is 0 Å². The monoisotopic (exact) mass is 441 g/mol. The van der Waals surface area contributed by atoms with Crippen LogP contribution < -0.4 is 9.46 Å². The number of hydrogen-bond acceptors (Lipinski definition) is 7. The molecule has 0 aromatic carbocycles. The van der Waals surface area contributed by atoms with Crippen molar-refractivity contribution in [3.8, 4) is 5.88 Å². The van der Waals surface area contributed by atoms with Crippen LogP contribution in [0.5, 0.6) is 5.88 Å². The molecule has 2 fully saturated rings. The molecule has 1 amide bonds. The van der Waals surface area contributed by atoms with Crippen LogP contribution in [0.1, 0.15) is 30.4 Å². The molecule has 0 bridgehead atoms. The van der Waals surface area contributed by atoms with Gasteiger partial charge >= 0.3 is 0 Å². The first-order chi connectivity index (χ1) is 14.3. The van der Waals surface area contributed by atoms with Gasteiger partial charge in [0.2, 0.25) is 15.9 Å². The van der Waals surface area contributed by atoms with E-state index in [0.717, 1.165) is 11.1 Å². The number of piperidine rings is 1. The zero-order valence-corrected chi connectivity index (χ0v) is 18.6. The number of pyridine rings is 1. The van der Waals surface area contributed by atoms with E-state index in [4.69, 9.17) is 14.2 Å². The first-order valence-corrected chi connectivity index (χ1v) is 11.8. The lowest BCUT2D eigenvalue weighted by Crippen LogP contribution is -2.60. The summed E-state index contributed by atoms with van der Waals surface area (Å²) in [6, 6.07) is 1.07. The normalized spacial score (nSPS) is 24.8. The molecule has 0 saturated carbocycles. The molecule has 3 atom stereocenters. The number of methoxy groups -OCH3 is 1. The number of nitrogens with zero attached hydrogens (tertiary/aromatic N) is 2. The summed E-state index contributed by atoms with van der Waals surface area (Å²) >= 11 is 0. The van der Waals surface area contributed by atoms with Gasteiger partial charge in [0.25, 0.3) is 5.91 Å². The molecule has 2 aliphatic heterocycles. The van der Waals surface area contributed by atoms with Crippen LogP contribution >= 0.6 is 0 Å². The smallest absolute Gasteiger partial charge is 0.260 e. The standard InChI is InChI=1S/C20H31N3O6S/c1-14-6-8-21-20(15(14)2)29-13-19(24)23-9-4-5-17(18(23)12-27-3)22-30(25,26)16-7-10-28-11-16/h6,8,16-18,22H,4-5,7,9-13H2,1-3H3/t16-,17-,18-/m0/s1. The highest BCUT2D eigenvalue weighted by molar-refractivity contribution is 7.90. The van der Waals surface area contributed by atoms with E-state index >= 15 is 0 Å². The van der Waals surface area contributed by atoms with E-state index in [1.165, 1.54) is 0 Å². The molecular formula is C20H31N3O6S. The molecule has 0 spiro atoms. The fraction of sp³-hybridized carbons (Fsp3) is 0.700. The number of aryl methyl sites for hydroxylation is 1. The van der Waals surface area contributed by atoms with Crippen molar-refractivity contribution >= 4 is 15.9 Å². The Morgan fingerprint density at radius 2 is 2.17 bits per heavy atom. The van der Waals surface area contributed by atoms with Crippen LogP contribution in [0.4, 0.5) is 0 Å². The molecule has 9 nitrogen and oxygen atoms in total. The number of ether oxygens (including phenoxy) is 3. The minimum atomic E-state index is -3.54. The summed E-state index contributed by atoms with van der Waals surface area (Å²) in [6.45, 7) is 5.12. The Hall–Kier alpha value is -1.75. The van der Waals surface area contributed by atoms with E-state index < -0.39 is 27.4 Å². The van der Waals surface area contributed by atoms with Gasteiger partial charge in [0.05, 0.1) is 19.3 Å². The van der Waals surface area contributed by atoms with Crippen molar-refractivity contribution in [3.05, 3.63) is 23.4 Å². The Kier molecular flexibility index (Phi) is 7.67. The topological polar surface area (TPSA) is 107 Å². The highest BCUT2D eigenvalue weighted by Crippen LogP contribution is 2.23. The zero-order valence-electron chi connectivity index (χ0n) is 17.8. The van der Waals surface area contributed by atoms with Gasteiger partial charge in [-0.15, -0.1) is 0 Å². The second-order valence-electron chi connectivity index (χ2n) is 7.85. The van der Waals surface area contributed by atoms with Gasteiger partial charge in [-0.05, 0) is 44.7 Å². The Morgan fingerprint density at radius 1 is 1.37 bits per heavy atom. The Morgan fingerprint density at radius 3 is 2.87 bits per heavy atom. The molecule has 3 rings (SSSR count). The van der Waals surface area contributed by atoms with Crippen molar-refractivity contribution in [2.24, 2.45) is 0 Å². The molecule has 0 radical (unpaired) electrons. The summed E-state index contributed by atoms with van der Waals surface area (Å²) in [5.74, 6) is 0.218. The summed E-state index contributed by atoms with van der Waals surface area (Å²) in [7, 11) is -1.99. The molecule has 2 aliphatic rings. The van der Waals surface area contributed by atoms with E-state index in [1.807, 2.05) is 19.9 Å². The van der Waals surface area contributed by atoms with Gasteiger partial charge in [0.15, 0.2) is 6.61 Å². The number of nitrogens with one attached hydrogen (secondary N) is 1. The number of aromatic nitrogens is 1. The lowest BCUT2D eigenvalue weighted by atomic mass is 9.97. The van der Waals surface area contributed by atoms with Crippen LogP contribution in [0.15, 0.2) is 12.3 Å². The molecule has 1 aromatic rings. The maximum absolute atomic E-state index is 12.9. The van der Waals surface area contributed by atoms with Crippen LogP contribution in [0.25, 0.3) is 0 Å². The molecule has 10 heteroatoms. The fourth-order valence-corrected chi connectivity index (χ4v) is 5.48. The first-order valence-electron chi connectivity index (χ1n) is 10.3. The van der Waals surface area contributed by atoms with E-state index in [1.54, 1.807) is 18.2 Å². The molecule has 3 heterocycles. The van der Waals surface area contributed by atoms with Crippen LogP contribution in [0.2, 0.25) is 0 Å². The number of amides is 1. The van der Waals surface area contributed by atoms with E-state index in [9.17, 15) is 13.2 Å². The van der Waals surface area contributed by atoms with Crippen LogP contribution in [0, 0.1) is 13.8 Å². The maximum Gasteiger partial charge on any atom is 0.260 e. The van der Waals surface area contributed by atoms with Crippen molar-refractivity contribution in [1.82, 2.24) is 14.6 Å². The summed E-state index contributed by atoms with van der Waals surface area (Å²) in [6.07, 6.45) is 3.47. The van der Waals surface area contributed by atoms with Gasteiger partial charge in [0, 0.05) is 38.1 Å². The van der Waals surface area contributed by atoms with Crippen molar-refractivity contribution in [2.75, 3.05) is 40.1 Å². The fourth-order valence-electron chi connectivity index (χ4n) is 3.91. The third kappa shape index (κ3) is 5.29. The average molecular weight is 442 g/mol. The Balaban J connectivity index is 1.68. The quantitative estimate of drug-likeness (QED) is 0.636. The van der Waals surface area contributed by atoms with Gasteiger partial charge in [-0.1, -0.05) is 0 Å². The van der Waals surface area contributed by atoms with Crippen LogP contribution in [-0.4, -0.2) is 81.6 Å². The second-order valence-corrected chi connectivity index (χ2v) is 9.85. The Bertz CT molecular complexity index is 841. The maximum atomic E-state index is 12.9. The highest BCUT2D eigenvalue weighted by atomic mass is 32.2. The summed E-state index contributed by atoms with van der Waals surface area (Å²) in [5.41, 5.74) is 1.93. The van der Waals surface area contributed by atoms with Crippen molar-refractivity contribution in [2.45, 2.75) is 50.4 Å². The molecule has 1 N–H and O–H groups in total. The molecule has 2 saturated heterocycles. The third-order valence-corrected chi connectivity index (χ3v) is 7.72. The number of carbonyl (C=O) groups is 1. The number of hydrogen-bond donors (Lipinski definition) is 1. The van der Waals surface area contributed by atoms with Crippen molar-refractivity contribution < 1.29 is 27.4 Å². The summed E-state index contributed by atoms with van der Waals surface area (Å²) in [5, 5.41) is -0.550. The predicted octanol–water partition coefficient (Wildman–Crippen LogP) is 0.792. The number of carbonyl (C=O) groups excluding carboxylic acids is 1. The average Bonchev–Trinajstić information content (AvgIpc) is 3.26. The number of likely N-dealkylation sites (tertiary alicyclic amines) is 1. The lowest BCUT2D eigenvalue weighted by molar-refractivity contribution is -0.139. The third-order valence-electron chi connectivity index (χ3n) is 5.84. The first kappa shape index (κ1) is 22.9. The van der Waals surface area contributed by atoms with Gasteiger partial charge < -0.3 is 19.1 Å². The van der Waals surface area contributed by atoms with Gasteiger partial charge in [-0.2, -0.15) is 0 Å². The van der Waals surface area contributed by atoms with E-state index in [-0.39, 0.29) is 25.7 Å². The molecular weight excluding hydrogens is 410 g/mol. The second kappa shape index (κ2) is 10.0. The predicted molar refractivity (Wildman–Crippen MR) is 111 cm³/mol. The summed E-state index contributed by atoms with van der Waals surface area (Å²) < 4.78 is 44.5. The molecule has 0 aliphatic carbocycles. The molecule has 30 heavy (non-hydrogen) atoms. The van der Waals surface area contributed by atoms with Crippen LogP contribution in [-0.2, 0) is 24.3 Å². The van der Waals surface area contributed by atoms with Gasteiger partial charge in [0.1, 0.15) is 5.25 Å². The molecule has 0 unspecified atom stereocenters. The van der Waals surface area contributed by atoms with Crippen molar-refractivity contribution in [3.63, 3.8) is 0 Å². The van der Waals surface area contributed by atoms with E-state index in [0.29, 0.717) is 38.3 Å².